The maximum Gasteiger partial charge on any atom is 0.216 e. The van der Waals surface area contributed by atoms with E-state index in [9.17, 15) is 5.26 Å². The average molecular weight is 432 g/mol. The molecule has 3 nitrogen and oxygen atoms in total. The summed E-state index contributed by atoms with van der Waals surface area (Å²) in [5, 5.41) is 11.9. The molecule has 0 aliphatic carbocycles. The summed E-state index contributed by atoms with van der Waals surface area (Å²) < 4.78 is 8.86. The van der Waals surface area contributed by atoms with Crippen molar-refractivity contribution in [2.75, 3.05) is 0 Å². The van der Waals surface area contributed by atoms with Gasteiger partial charge in [0, 0.05) is 28.0 Å². The van der Waals surface area contributed by atoms with Crippen LogP contribution < -0.4 is 4.57 Å². The molecule has 0 N–H and O–H groups in total. The van der Waals surface area contributed by atoms with Crippen LogP contribution in [-0.4, -0.2) is 0 Å². The van der Waals surface area contributed by atoms with E-state index in [0.29, 0.717) is 11.5 Å². The molecule has 0 radical (unpaired) electrons. The molecule has 0 fully saturated rings. The number of aromatic nitrogens is 1. The van der Waals surface area contributed by atoms with Gasteiger partial charge in [0.2, 0.25) is 5.69 Å². The Morgan fingerprint density at radius 2 is 1.52 bits per heavy atom. The normalized spacial score (nSPS) is 11.4. The Morgan fingerprint density at radius 3 is 2.18 bits per heavy atom. The smallest absolute Gasteiger partial charge is 0.216 e. The molecule has 5 aromatic rings. The highest BCUT2D eigenvalue weighted by atomic mass is 16.3. The Bertz CT molecular complexity index is 1570. The van der Waals surface area contributed by atoms with Gasteiger partial charge in [-0.1, -0.05) is 56.3 Å². The van der Waals surface area contributed by atoms with Gasteiger partial charge in [0.25, 0.3) is 0 Å². The van der Waals surface area contributed by atoms with Gasteiger partial charge in [0.15, 0.2) is 6.20 Å². The topological polar surface area (TPSA) is 40.8 Å². The van der Waals surface area contributed by atoms with Gasteiger partial charge in [0.1, 0.15) is 18.2 Å². The van der Waals surface area contributed by atoms with Crippen molar-refractivity contribution in [3.8, 4) is 28.5 Å². The van der Waals surface area contributed by atoms with Crippen LogP contribution >= 0.6 is 0 Å². The fourth-order valence-electron chi connectivity index (χ4n) is 4.97. The van der Waals surface area contributed by atoms with Gasteiger partial charge in [-0.3, -0.25) is 0 Å². The second kappa shape index (κ2) is 7.90. The minimum Gasteiger partial charge on any atom is -0.454 e. The van der Waals surface area contributed by atoms with E-state index in [4.69, 9.17) is 4.42 Å². The van der Waals surface area contributed by atoms with Crippen LogP contribution in [0.3, 0.4) is 0 Å². The van der Waals surface area contributed by atoms with Crippen LogP contribution in [-0.2, 0) is 7.05 Å². The van der Waals surface area contributed by atoms with E-state index in [1.807, 2.05) is 42.5 Å². The molecule has 3 heteroatoms. The van der Waals surface area contributed by atoms with E-state index in [2.05, 4.69) is 69.8 Å². The van der Waals surface area contributed by atoms with Crippen molar-refractivity contribution in [3.63, 3.8) is 0 Å². The van der Waals surface area contributed by atoms with Crippen LogP contribution in [0.1, 0.15) is 42.0 Å². The first kappa shape index (κ1) is 21.0. The maximum absolute atomic E-state index is 9.84. The number of nitrogens with zero attached hydrogens (tertiary/aromatic N) is 2. The Hall–Kier alpha value is -3.90. The second-order valence-electron chi connectivity index (χ2n) is 9.14. The number of aryl methyl sites for hydroxylation is 3. The van der Waals surface area contributed by atoms with E-state index >= 15 is 0 Å². The first-order valence-electron chi connectivity index (χ1n) is 11.4. The zero-order valence-electron chi connectivity index (χ0n) is 19.7. The lowest BCUT2D eigenvalue weighted by Crippen LogP contribution is -2.32. The molecule has 0 atom stereocenters. The Labute approximate surface area is 194 Å². The van der Waals surface area contributed by atoms with E-state index in [0.717, 1.165) is 49.9 Å². The number of nitriles is 1. The molecule has 0 bridgehead atoms. The largest absolute Gasteiger partial charge is 0.454 e. The zero-order chi connectivity index (χ0) is 23.3. The van der Waals surface area contributed by atoms with Crippen LogP contribution in [0.25, 0.3) is 44.3 Å². The van der Waals surface area contributed by atoms with Gasteiger partial charge in [-0.15, -0.1) is 0 Å². The van der Waals surface area contributed by atoms with Crippen molar-refractivity contribution >= 4 is 21.9 Å². The molecule has 0 amide bonds. The van der Waals surface area contributed by atoms with Crippen molar-refractivity contribution in [3.05, 3.63) is 89.1 Å². The lowest BCUT2D eigenvalue weighted by atomic mass is 9.94. The molecule has 0 unspecified atom stereocenters. The van der Waals surface area contributed by atoms with Gasteiger partial charge in [-0.25, -0.2) is 4.57 Å². The predicted octanol–water partition coefficient (Wildman–Crippen LogP) is 7.36. The summed E-state index contributed by atoms with van der Waals surface area (Å²) in [4.78, 5) is 0. The quantitative estimate of drug-likeness (QED) is 0.280. The third kappa shape index (κ3) is 3.31. The molecule has 0 saturated heterocycles. The lowest BCUT2D eigenvalue weighted by Gasteiger charge is -2.12. The van der Waals surface area contributed by atoms with Gasteiger partial charge >= 0.3 is 0 Å². The third-order valence-electron chi connectivity index (χ3n) is 6.59. The first-order valence-corrected chi connectivity index (χ1v) is 11.4. The number of hydrogen-bond acceptors (Lipinski definition) is 2. The molecule has 5 rings (SSSR count). The monoisotopic (exact) mass is 431 g/mol. The van der Waals surface area contributed by atoms with E-state index in [1.165, 1.54) is 11.1 Å². The average Bonchev–Trinajstić information content (AvgIpc) is 3.18. The first-order chi connectivity index (χ1) is 15.9. The van der Waals surface area contributed by atoms with Crippen LogP contribution in [0.2, 0.25) is 0 Å². The van der Waals surface area contributed by atoms with Gasteiger partial charge < -0.3 is 4.42 Å². The molecule has 2 aromatic heterocycles. The van der Waals surface area contributed by atoms with Crippen molar-refractivity contribution in [2.24, 2.45) is 7.05 Å². The van der Waals surface area contributed by atoms with Crippen molar-refractivity contribution in [2.45, 2.75) is 33.6 Å². The van der Waals surface area contributed by atoms with Crippen LogP contribution in [0, 0.1) is 25.2 Å². The van der Waals surface area contributed by atoms with Crippen molar-refractivity contribution in [1.82, 2.24) is 0 Å². The predicted molar refractivity (Wildman–Crippen MR) is 134 cm³/mol. The number of hydrogen-bond donors (Lipinski definition) is 0. The molecule has 0 aliphatic heterocycles. The van der Waals surface area contributed by atoms with Gasteiger partial charge in [0.05, 0.1) is 17.2 Å². The Kier molecular flexibility index (Phi) is 5.02. The molecular formula is C30H27N2O+. The van der Waals surface area contributed by atoms with Crippen molar-refractivity contribution in [1.29, 1.82) is 5.26 Å². The molecule has 0 aliphatic rings. The number of furan rings is 1. The summed E-state index contributed by atoms with van der Waals surface area (Å²) in [6.45, 7) is 8.77. The summed E-state index contributed by atoms with van der Waals surface area (Å²) in [6.07, 6.45) is 2.20. The number of benzene rings is 3. The van der Waals surface area contributed by atoms with E-state index < -0.39 is 0 Å². The maximum atomic E-state index is 9.84. The minimum atomic E-state index is 0.433. The molecule has 0 spiro atoms. The van der Waals surface area contributed by atoms with E-state index in [-0.39, 0.29) is 0 Å². The SMILES string of the molecule is Cc1c[n+](C)c(-c2c(C)ccc3c2oc2c(-c4ccccc4)c(C#N)ccc23)cc1C(C)C. The summed E-state index contributed by atoms with van der Waals surface area (Å²) >= 11 is 0. The minimum absolute atomic E-state index is 0.433. The number of fused-ring (bicyclic) bond motifs is 3. The Balaban J connectivity index is 1.90. The molecule has 33 heavy (non-hydrogen) atoms. The standard InChI is InChI=1S/C30H27N2O/c1-18(2)25-15-26(32(5)17-20(25)4)27-19(3)11-13-23-24-14-12-22(16-31)28(30(24)33-29(23)27)21-9-7-6-8-10-21/h6-15,17-18H,1-5H3/q+1. The van der Waals surface area contributed by atoms with Crippen LogP contribution in [0.5, 0.6) is 0 Å². The molecule has 162 valence electrons. The Morgan fingerprint density at radius 1 is 0.848 bits per heavy atom. The second-order valence-corrected chi connectivity index (χ2v) is 9.14. The molecular weight excluding hydrogens is 404 g/mol. The summed E-state index contributed by atoms with van der Waals surface area (Å²) in [5.74, 6) is 0.433. The van der Waals surface area contributed by atoms with Gasteiger partial charge in [-0.2, -0.15) is 5.26 Å². The van der Waals surface area contributed by atoms with Crippen LogP contribution in [0.15, 0.2) is 71.3 Å². The highest BCUT2D eigenvalue weighted by molar-refractivity contribution is 6.14. The van der Waals surface area contributed by atoms with Crippen LogP contribution in [0.4, 0.5) is 0 Å². The molecule has 2 heterocycles. The molecule has 0 saturated carbocycles. The zero-order valence-corrected chi connectivity index (χ0v) is 19.7. The third-order valence-corrected chi connectivity index (χ3v) is 6.59. The fourth-order valence-corrected chi connectivity index (χ4v) is 4.97. The van der Waals surface area contributed by atoms with E-state index in [1.54, 1.807) is 0 Å². The highest BCUT2D eigenvalue weighted by Crippen LogP contribution is 2.42. The molecule has 3 aromatic carbocycles. The fraction of sp³-hybridized carbons (Fsp3) is 0.200. The summed E-state index contributed by atoms with van der Waals surface area (Å²) in [6, 6.07) is 22.9. The van der Waals surface area contributed by atoms with Gasteiger partial charge in [-0.05, 0) is 48.6 Å². The lowest BCUT2D eigenvalue weighted by molar-refractivity contribution is -0.660. The summed E-state index contributed by atoms with van der Waals surface area (Å²) in [5.41, 5.74) is 10.1. The number of pyridine rings is 1. The highest BCUT2D eigenvalue weighted by Gasteiger charge is 2.24. The van der Waals surface area contributed by atoms with Crippen molar-refractivity contribution < 1.29 is 8.98 Å². The summed E-state index contributed by atoms with van der Waals surface area (Å²) in [7, 11) is 2.09. The number of rotatable bonds is 3.